The van der Waals surface area contributed by atoms with E-state index in [1.54, 1.807) is 0 Å². The Hall–Kier alpha value is -1.09. The van der Waals surface area contributed by atoms with Crippen LogP contribution in [0.1, 0.15) is 31.4 Å². The summed E-state index contributed by atoms with van der Waals surface area (Å²) in [6.07, 6.45) is 2.19. The van der Waals surface area contributed by atoms with Crippen LogP contribution < -0.4 is 10.5 Å². The van der Waals surface area contributed by atoms with E-state index in [2.05, 4.69) is 6.07 Å². The molecule has 0 aliphatic carbocycles. The number of nitrogens with two attached hydrogens (primary N) is 1. The van der Waals surface area contributed by atoms with E-state index in [0.717, 1.165) is 25.2 Å². The monoisotopic (exact) mass is 251 g/mol. The molecule has 1 aliphatic heterocycles. The van der Waals surface area contributed by atoms with Crippen LogP contribution in [0.5, 0.6) is 5.75 Å². The van der Waals surface area contributed by atoms with E-state index >= 15 is 0 Å². The summed E-state index contributed by atoms with van der Waals surface area (Å²) in [6.45, 7) is 4.64. The van der Waals surface area contributed by atoms with Gasteiger partial charge in [0.2, 0.25) is 0 Å². The van der Waals surface area contributed by atoms with Crippen LogP contribution in [0.25, 0.3) is 0 Å². The molecule has 100 valence electrons. The van der Waals surface area contributed by atoms with E-state index in [4.69, 9.17) is 10.5 Å². The predicted molar refractivity (Wildman–Crippen MR) is 71.7 cm³/mol. The third-order valence-corrected chi connectivity index (χ3v) is 3.96. The van der Waals surface area contributed by atoms with Gasteiger partial charge in [-0.05, 0) is 36.0 Å². The summed E-state index contributed by atoms with van der Waals surface area (Å²) in [5.74, 6) is 0.938. The summed E-state index contributed by atoms with van der Waals surface area (Å²) < 4.78 is 19.9. The highest BCUT2D eigenvalue weighted by atomic mass is 19.1. The fourth-order valence-electron chi connectivity index (χ4n) is 2.37. The highest BCUT2D eigenvalue weighted by Gasteiger charge is 2.31. The zero-order valence-electron chi connectivity index (χ0n) is 11.2. The van der Waals surface area contributed by atoms with Gasteiger partial charge in [-0.3, -0.25) is 0 Å². The van der Waals surface area contributed by atoms with Crippen molar-refractivity contribution in [3.8, 4) is 5.75 Å². The van der Waals surface area contributed by atoms with E-state index in [0.29, 0.717) is 6.42 Å². The second kappa shape index (κ2) is 5.27. The summed E-state index contributed by atoms with van der Waals surface area (Å²) >= 11 is 0. The van der Waals surface area contributed by atoms with Gasteiger partial charge in [0.1, 0.15) is 11.4 Å². The predicted octanol–water partition coefficient (Wildman–Crippen LogP) is 2.88. The van der Waals surface area contributed by atoms with Crippen molar-refractivity contribution in [1.29, 1.82) is 0 Å². The Bertz CT molecular complexity index is 419. The summed E-state index contributed by atoms with van der Waals surface area (Å²) in [7, 11) is 0. The van der Waals surface area contributed by atoms with Gasteiger partial charge >= 0.3 is 0 Å². The van der Waals surface area contributed by atoms with Gasteiger partial charge in [-0.25, -0.2) is 4.39 Å². The molecule has 2 nitrogen and oxygen atoms in total. The normalized spacial score (nSPS) is 17.4. The van der Waals surface area contributed by atoms with Crippen LogP contribution in [0.3, 0.4) is 0 Å². The zero-order valence-corrected chi connectivity index (χ0v) is 11.2. The average Bonchev–Trinajstić information content (AvgIpc) is 2.82. The van der Waals surface area contributed by atoms with Crippen molar-refractivity contribution in [2.45, 2.75) is 38.8 Å². The first kappa shape index (κ1) is 13.3. The molecule has 0 saturated heterocycles. The van der Waals surface area contributed by atoms with Crippen LogP contribution in [-0.2, 0) is 12.8 Å². The molecular weight excluding hydrogens is 229 g/mol. The minimum Gasteiger partial charge on any atom is -0.493 e. The van der Waals surface area contributed by atoms with E-state index in [-0.39, 0.29) is 12.5 Å². The van der Waals surface area contributed by atoms with E-state index in [1.807, 2.05) is 26.0 Å². The average molecular weight is 251 g/mol. The van der Waals surface area contributed by atoms with Gasteiger partial charge < -0.3 is 10.5 Å². The lowest BCUT2D eigenvalue weighted by molar-refractivity contribution is 0.0993. The largest absolute Gasteiger partial charge is 0.493 e. The molecule has 1 aromatic rings. The van der Waals surface area contributed by atoms with E-state index in [1.165, 1.54) is 11.1 Å². The maximum absolute atomic E-state index is 14.5. The summed E-state index contributed by atoms with van der Waals surface area (Å²) in [5.41, 5.74) is 6.73. The van der Waals surface area contributed by atoms with Crippen LogP contribution in [0.15, 0.2) is 18.2 Å². The summed E-state index contributed by atoms with van der Waals surface area (Å²) in [4.78, 5) is 0. The van der Waals surface area contributed by atoms with Crippen molar-refractivity contribution in [1.82, 2.24) is 0 Å². The van der Waals surface area contributed by atoms with Crippen LogP contribution in [0.2, 0.25) is 0 Å². The Morgan fingerprint density at radius 1 is 1.44 bits per heavy atom. The Morgan fingerprint density at radius 2 is 2.22 bits per heavy atom. The molecule has 0 spiro atoms. The number of fused-ring (bicyclic) bond motifs is 1. The molecule has 0 radical (unpaired) electrons. The van der Waals surface area contributed by atoms with Crippen molar-refractivity contribution in [2.75, 3.05) is 13.2 Å². The number of alkyl halides is 1. The number of ether oxygens (including phenoxy) is 1. The second-order valence-electron chi connectivity index (χ2n) is 5.43. The van der Waals surface area contributed by atoms with E-state index < -0.39 is 5.67 Å². The molecule has 18 heavy (non-hydrogen) atoms. The summed E-state index contributed by atoms with van der Waals surface area (Å²) in [6, 6.07) is 6.16. The maximum atomic E-state index is 14.5. The lowest BCUT2D eigenvalue weighted by Crippen LogP contribution is -2.38. The third-order valence-electron chi connectivity index (χ3n) is 3.96. The molecule has 1 aliphatic rings. The first-order chi connectivity index (χ1) is 8.55. The Morgan fingerprint density at radius 3 is 2.89 bits per heavy atom. The smallest absolute Gasteiger partial charge is 0.125 e. The van der Waals surface area contributed by atoms with Gasteiger partial charge in [0.25, 0.3) is 0 Å². The molecule has 0 aromatic heterocycles. The van der Waals surface area contributed by atoms with Crippen LogP contribution >= 0.6 is 0 Å². The van der Waals surface area contributed by atoms with E-state index in [9.17, 15) is 4.39 Å². The minimum absolute atomic E-state index is 0.0414. The topological polar surface area (TPSA) is 35.2 Å². The molecule has 1 unspecified atom stereocenters. The molecule has 1 heterocycles. The molecule has 2 N–H and O–H groups in total. The van der Waals surface area contributed by atoms with Gasteiger partial charge in [-0.15, -0.1) is 0 Å². The molecular formula is C15H22FNO. The van der Waals surface area contributed by atoms with Gasteiger partial charge in [0, 0.05) is 13.0 Å². The fourth-order valence-corrected chi connectivity index (χ4v) is 2.37. The second-order valence-corrected chi connectivity index (χ2v) is 5.43. The number of rotatable bonds is 5. The highest BCUT2D eigenvalue weighted by molar-refractivity contribution is 5.39. The lowest BCUT2D eigenvalue weighted by Gasteiger charge is -2.27. The minimum atomic E-state index is -1.25. The van der Waals surface area contributed by atoms with Gasteiger partial charge in [0.15, 0.2) is 0 Å². The molecule has 0 amide bonds. The summed E-state index contributed by atoms with van der Waals surface area (Å²) in [5, 5.41) is 0. The van der Waals surface area contributed by atoms with Gasteiger partial charge in [0.05, 0.1) is 6.61 Å². The Kier molecular flexibility index (Phi) is 3.91. The highest BCUT2D eigenvalue weighted by Crippen LogP contribution is 2.29. The first-order valence-electron chi connectivity index (χ1n) is 6.69. The van der Waals surface area contributed by atoms with Crippen molar-refractivity contribution in [3.05, 3.63) is 29.3 Å². The van der Waals surface area contributed by atoms with Crippen molar-refractivity contribution < 1.29 is 9.13 Å². The third kappa shape index (κ3) is 2.66. The quantitative estimate of drug-likeness (QED) is 0.873. The van der Waals surface area contributed by atoms with Gasteiger partial charge in [-0.1, -0.05) is 26.0 Å². The molecule has 1 aromatic carbocycles. The number of halogens is 1. The van der Waals surface area contributed by atoms with Gasteiger partial charge in [-0.2, -0.15) is 0 Å². The lowest BCUT2D eigenvalue weighted by atomic mass is 9.86. The first-order valence-corrected chi connectivity index (χ1v) is 6.69. The molecule has 0 fully saturated rings. The molecule has 1 atom stereocenters. The number of hydrogen-bond acceptors (Lipinski definition) is 2. The van der Waals surface area contributed by atoms with Crippen molar-refractivity contribution in [2.24, 2.45) is 11.7 Å². The van der Waals surface area contributed by atoms with Crippen molar-refractivity contribution in [3.63, 3.8) is 0 Å². The SMILES string of the molecule is CC(C)C(F)(CN)CCc1ccc2c(c1)CCO2. The van der Waals surface area contributed by atoms with Crippen LogP contribution in [0, 0.1) is 5.92 Å². The molecule has 0 saturated carbocycles. The number of benzene rings is 1. The van der Waals surface area contributed by atoms with Crippen molar-refractivity contribution >= 4 is 0 Å². The zero-order chi connectivity index (χ0) is 13.2. The maximum Gasteiger partial charge on any atom is 0.125 e. The molecule has 2 rings (SSSR count). The fraction of sp³-hybridized carbons (Fsp3) is 0.600. The Balaban J connectivity index is 2.02. The molecule has 3 heteroatoms. The Labute approximate surface area is 108 Å². The number of hydrogen-bond donors (Lipinski definition) is 1. The van der Waals surface area contributed by atoms with Crippen LogP contribution in [0.4, 0.5) is 4.39 Å². The number of aryl methyl sites for hydroxylation is 1. The van der Waals surface area contributed by atoms with Crippen LogP contribution in [-0.4, -0.2) is 18.8 Å². The standard InChI is InChI=1S/C15H22FNO/c1-11(2)15(16,10-17)7-5-12-3-4-14-13(9-12)6-8-18-14/h3-4,9,11H,5-8,10,17H2,1-2H3. The molecule has 0 bridgehead atoms.